The van der Waals surface area contributed by atoms with Crippen LogP contribution in [0, 0.1) is 0 Å². The van der Waals surface area contributed by atoms with Gasteiger partial charge in [0, 0.05) is 5.33 Å². The minimum atomic E-state index is -2.78. The zero-order valence-electron chi connectivity index (χ0n) is 7.18. The van der Waals surface area contributed by atoms with E-state index in [0.29, 0.717) is 0 Å². The number of hydrogen-bond donors (Lipinski definition) is 1. The number of pyridine rings is 1. The number of halogens is 4. The molecule has 1 aromatic heterocycles. The molecule has 0 unspecified atom stereocenters. The van der Waals surface area contributed by atoms with Gasteiger partial charge in [0.1, 0.15) is 10.8 Å². The first kappa shape index (κ1) is 12.3. The second kappa shape index (κ2) is 4.85. The molecule has 1 aromatic rings. The van der Waals surface area contributed by atoms with Gasteiger partial charge in [-0.2, -0.15) is 0 Å². The van der Waals surface area contributed by atoms with Crippen LogP contribution in [0.15, 0.2) is 6.07 Å². The number of carboxylic acids is 1. The SMILES string of the molecule is O=C(O)c1cc(CBr)c(C(F)F)c(Cl)n1. The first-order valence-corrected chi connectivity index (χ1v) is 5.24. The van der Waals surface area contributed by atoms with Crippen LogP contribution in [0.5, 0.6) is 0 Å². The summed E-state index contributed by atoms with van der Waals surface area (Å²) >= 11 is 8.46. The highest BCUT2D eigenvalue weighted by Gasteiger charge is 2.20. The van der Waals surface area contributed by atoms with Crippen molar-refractivity contribution in [3.63, 3.8) is 0 Å². The summed E-state index contributed by atoms with van der Waals surface area (Å²) in [6.07, 6.45) is -2.78. The monoisotopic (exact) mass is 299 g/mol. The largest absolute Gasteiger partial charge is 0.477 e. The number of aromatic nitrogens is 1. The van der Waals surface area contributed by atoms with E-state index in [1.165, 1.54) is 0 Å². The number of carboxylic acid groups (broad SMARTS) is 1. The predicted molar refractivity (Wildman–Crippen MR) is 53.8 cm³/mol. The predicted octanol–water partition coefficient (Wildman–Crippen LogP) is 3.27. The Morgan fingerprint density at radius 3 is 2.67 bits per heavy atom. The number of aromatic carboxylic acids is 1. The minimum Gasteiger partial charge on any atom is -0.477 e. The quantitative estimate of drug-likeness (QED) is 0.688. The Morgan fingerprint density at radius 1 is 1.67 bits per heavy atom. The van der Waals surface area contributed by atoms with Gasteiger partial charge in [0.25, 0.3) is 6.43 Å². The van der Waals surface area contributed by atoms with Crippen molar-refractivity contribution < 1.29 is 18.7 Å². The summed E-state index contributed by atoms with van der Waals surface area (Å²) in [6.45, 7) is 0. The second-order valence-electron chi connectivity index (χ2n) is 2.61. The van der Waals surface area contributed by atoms with Crippen molar-refractivity contribution in [3.05, 3.63) is 28.0 Å². The fraction of sp³-hybridized carbons (Fsp3) is 0.250. The highest BCUT2D eigenvalue weighted by atomic mass is 79.9. The van der Waals surface area contributed by atoms with Crippen LogP contribution in [0.2, 0.25) is 5.15 Å². The van der Waals surface area contributed by atoms with Gasteiger partial charge in [-0.25, -0.2) is 18.6 Å². The minimum absolute atomic E-state index is 0.0925. The lowest BCUT2D eigenvalue weighted by Gasteiger charge is -2.08. The highest BCUT2D eigenvalue weighted by Crippen LogP contribution is 2.30. The summed E-state index contributed by atoms with van der Waals surface area (Å²) in [4.78, 5) is 13.9. The Morgan fingerprint density at radius 2 is 2.27 bits per heavy atom. The molecule has 1 heterocycles. The van der Waals surface area contributed by atoms with Crippen LogP contribution >= 0.6 is 27.5 Å². The molecule has 0 aliphatic carbocycles. The van der Waals surface area contributed by atoms with Gasteiger partial charge in [-0.15, -0.1) is 0 Å². The third-order valence-electron chi connectivity index (χ3n) is 1.68. The summed E-state index contributed by atoms with van der Waals surface area (Å²) in [7, 11) is 0. The van der Waals surface area contributed by atoms with E-state index < -0.39 is 23.1 Å². The zero-order valence-corrected chi connectivity index (χ0v) is 9.52. The molecule has 3 nitrogen and oxygen atoms in total. The van der Waals surface area contributed by atoms with Gasteiger partial charge >= 0.3 is 5.97 Å². The summed E-state index contributed by atoms with van der Waals surface area (Å²) < 4.78 is 25.0. The molecule has 0 spiro atoms. The molecular formula is C8H5BrClF2NO2. The normalized spacial score (nSPS) is 10.7. The third-order valence-corrected chi connectivity index (χ3v) is 2.57. The van der Waals surface area contributed by atoms with Gasteiger partial charge in [0.05, 0.1) is 5.56 Å². The summed E-state index contributed by atoms with van der Waals surface area (Å²) in [5.74, 6) is -1.31. The maximum absolute atomic E-state index is 12.5. The van der Waals surface area contributed by atoms with E-state index in [1.54, 1.807) is 0 Å². The fourth-order valence-electron chi connectivity index (χ4n) is 1.02. The van der Waals surface area contributed by atoms with Crippen LogP contribution in [0.3, 0.4) is 0 Å². The topological polar surface area (TPSA) is 50.2 Å². The maximum Gasteiger partial charge on any atom is 0.354 e. The van der Waals surface area contributed by atoms with Gasteiger partial charge in [-0.05, 0) is 11.6 Å². The van der Waals surface area contributed by atoms with Crippen LogP contribution < -0.4 is 0 Å². The molecule has 15 heavy (non-hydrogen) atoms. The van der Waals surface area contributed by atoms with E-state index in [2.05, 4.69) is 20.9 Å². The van der Waals surface area contributed by atoms with Gasteiger partial charge in [0.15, 0.2) is 0 Å². The standard InChI is InChI=1S/C8H5BrClF2NO2/c9-2-3-1-4(8(14)15)13-6(10)5(3)7(11)12/h1,7H,2H2,(H,14,15). The first-order valence-electron chi connectivity index (χ1n) is 3.74. The zero-order chi connectivity index (χ0) is 11.6. The van der Waals surface area contributed by atoms with E-state index in [-0.39, 0.29) is 16.6 Å². The van der Waals surface area contributed by atoms with Crippen LogP contribution in [-0.4, -0.2) is 16.1 Å². The third kappa shape index (κ3) is 2.63. The van der Waals surface area contributed by atoms with Crippen molar-refractivity contribution in [2.24, 2.45) is 0 Å². The van der Waals surface area contributed by atoms with Gasteiger partial charge in [0.2, 0.25) is 0 Å². The van der Waals surface area contributed by atoms with Crippen LogP contribution in [0.1, 0.15) is 28.0 Å². The molecule has 0 bridgehead atoms. The first-order chi connectivity index (χ1) is 6.97. The van der Waals surface area contributed by atoms with E-state index in [9.17, 15) is 13.6 Å². The molecule has 7 heteroatoms. The second-order valence-corrected chi connectivity index (χ2v) is 3.53. The Kier molecular flexibility index (Phi) is 3.98. The van der Waals surface area contributed by atoms with Crippen molar-refractivity contribution >= 4 is 33.5 Å². The van der Waals surface area contributed by atoms with Crippen LogP contribution in [-0.2, 0) is 5.33 Å². The van der Waals surface area contributed by atoms with Crippen LogP contribution in [0.4, 0.5) is 8.78 Å². The molecule has 1 rings (SSSR count). The Bertz CT molecular complexity index is 400. The Labute approximate surface area is 97.2 Å². The van der Waals surface area contributed by atoms with Gasteiger partial charge in [-0.1, -0.05) is 27.5 Å². The number of rotatable bonds is 3. The summed E-state index contributed by atoms with van der Waals surface area (Å²) in [5, 5.41) is 8.25. The van der Waals surface area contributed by atoms with E-state index >= 15 is 0 Å². The molecule has 1 N–H and O–H groups in total. The molecule has 0 aromatic carbocycles. The lowest BCUT2D eigenvalue weighted by Crippen LogP contribution is -2.05. The number of carbonyl (C=O) groups is 1. The average Bonchev–Trinajstić information content (AvgIpc) is 2.15. The van der Waals surface area contributed by atoms with Crippen LogP contribution in [0.25, 0.3) is 0 Å². The number of nitrogens with zero attached hydrogens (tertiary/aromatic N) is 1. The van der Waals surface area contributed by atoms with E-state index in [4.69, 9.17) is 16.7 Å². The number of alkyl halides is 3. The lowest BCUT2D eigenvalue weighted by molar-refractivity contribution is 0.0689. The molecule has 82 valence electrons. The van der Waals surface area contributed by atoms with E-state index in [0.717, 1.165) is 6.07 Å². The molecule has 0 saturated carbocycles. The van der Waals surface area contributed by atoms with Crippen molar-refractivity contribution in [2.45, 2.75) is 11.8 Å². The number of hydrogen-bond acceptors (Lipinski definition) is 2. The molecule has 0 fully saturated rings. The molecular weight excluding hydrogens is 295 g/mol. The molecule has 0 amide bonds. The summed E-state index contributed by atoms with van der Waals surface area (Å²) in [5.41, 5.74) is -0.653. The average molecular weight is 300 g/mol. The molecule has 0 aliphatic heterocycles. The maximum atomic E-state index is 12.5. The molecule has 0 saturated heterocycles. The highest BCUT2D eigenvalue weighted by molar-refractivity contribution is 9.08. The Hall–Kier alpha value is -0.750. The fourth-order valence-corrected chi connectivity index (χ4v) is 1.78. The summed E-state index contributed by atoms with van der Waals surface area (Å²) in [6, 6.07) is 1.07. The molecule has 0 aliphatic rings. The molecule has 0 radical (unpaired) electrons. The Balaban J connectivity index is 3.37. The lowest BCUT2D eigenvalue weighted by atomic mass is 10.1. The van der Waals surface area contributed by atoms with Crippen molar-refractivity contribution in [1.82, 2.24) is 4.98 Å². The van der Waals surface area contributed by atoms with Crippen molar-refractivity contribution in [2.75, 3.05) is 0 Å². The van der Waals surface area contributed by atoms with Gasteiger partial charge < -0.3 is 5.11 Å². The molecule has 0 atom stereocenters. The van der Waals surface area contributed by atoms with Crippen molar-refractivity contribution in [3.8, 4) is 0 Å². The van der Waals surface area contributed by atoms with Gasteiger partial charge in [-0.3, -0.25) is 0 Å². The van der Waals surface area contributed by atoms with E-state index in [1.807, 2.05) is 0 Å². The van der Waals surface area contributed by atoms with Crippen molar-refractivity contribution in [1.29, 1.82) is 0 Å². The smallest absolute Gasteiger partial charge is 0.354 e.